The van der Waals surface area contributed by atoms with Crippen LogP contribution in [0.2, 0.25) is 5.22 Å². The summed E-state index contributed by atoms with van der Waals surface area (Å²) >= 11 is 8.68. The lowest BCUT2D eigenvalue weighted by molar-refractivity contribution is 0.407. The fraction of sp³-hybridized carbons (Fsp3) is 0.167. The molecule has 0 aliphatic carbocycles. The molecule has 2 rings (SSSR count). The van der Waals surface area contributed by atoms with E-state index in [9.17, 15) is 8.78 Å². The van der Waals surface area contributed by atoms with Crippen molar-refractivity contribution in [3.8, 4) is 0 Å². The number of furan rings is 1. The Hall–Kier alpha value is -0.950. The van der Waals surface area contributed by atoms with Crippen LogP contribution in [-0.4, -0.2) is 0 Å². The third kappa shape index (κ3) is 3.14. The molecule has 0 radical (unpaired) electrons. The Labute approximate surface area is 121 Å². The van der Waals surface area contributed by atoms with Crippen LogP contribution in [0.15, 0.2) is 33.2 Å². The van der Waals surface area contributed by atoms with Crippen LogP contribution < -0.4 is 11.3 Å². The fourth-order valence-electron chi connectivity index (χ4n) is 1.72. The van der Waals surface area contributed by atoms with Crippen LogP contribution in [0.1, 0.15) is 17.4 Å². The highest BCUT2D eigenvalue weighted by atomic mass is 79.9. The number of nitrogens with two attached hydrogens (primary N) is 1. The Morgan fingerprint density at radius 3 is 2.63 bits per heavy atom. The van der Waals surface area contributed by atoms with E-state index in [2.05, 4.69) is 21.4 Å². The maximum Gasteiger partial charge on any atom is 0.193 e. The number of benzene rings is 1. The van der Waals surface area contributed by atoms with Crippen molar-refractivity contribution in [1.82, 2.24) is 5.43 Å². The van der Waals surface area contributed by atoms with Gasteiger partial charge in [0.1, 0.15) is 17.4 Å². The quantitative estimate of drug-likeness (QED) is 0.501. The molecule has 19 heavy (non-hydrogen) atoms. The summed E-state index contributed by atoms with van der Waals surface area (Å²) < 4.78 is 32.9. The molecule has 0 saturated carbocycles. The van der Waals surface area contributed by atoms with Crippen LogP contribution in [0, 0.1) is 11.6 Å². The molecule has 0 aliphatic heterocycles. The van der Waals surface area contributed by atoms with Gasteiger partial charge >= 0.3 is 0 Å². The molecule has 7 heteroatoms. The summed E-state index contributed by atoms with van der Waals surface area (Å²) in [5.41, 5.74) is 2.37. The second-order valence-electron chi connectivity index (χ2n) is 3.89. The minimum absolute atomic E-state index is 0.00253. The molecule has 1 unspecified atom stereocenters. The van der Waals surface area contributed by atoms with Gasteiger partial charge in [-0.1, -0.05) is 0 Å². The minimum atomic E-state index is -0.655. The summed E-state index contributed by atoms with van der Waals surface area (Å²) in [6.07, 6.45) is -0.00253. The van der Waals surface area contributed by atoms with Crippen LogP contribution in [-0.2, 0) is 6.42 Å². The largest absolute Gasteiger partial charge is 0.448 e. The van der Waals surface area contributed by atoms with Crippen LogP contribution in [0.4, 0.5) is 8.78 Å². The predicted octanol–water partition coefficient (Wildman–Crippen LogP) is 3.72. The van der Waals surface area contributed by atoms with Gasteiger partial charge < -0.3 is 4.42 Å². The van der Waals surface area contributed by atoms with Gasteiger partial charge in [0.25, 0.3) is 0 Å². The van der Waals surface area contributed by atoms with Gasteiger partial charge in [0.2, 0.25) is 0 Å². The first-order valence-electron chi connectivity index (χ1n) is 5.36. The molecular weight excluding hydrogens is 341 g/mol. The Kier molecular flexibility index (Phi) is 4.57. The van der Waals surface area contributed by atoms with Crippen LogP contribution in [0.3, 0.4) is 0 Å². The third-order valence-corrected chi connectivity index (χ3v) is 3.50. The second-order valence-corrected chi connectivity index (χ2v) is 5.11. The third-order valence-electron chi connectivity index (χ3n) is 2.69. The summed E-state index contributed by atoms with van der Waals surface area (Å²) in [4.78, 5) is 0. The molecule has 0 fully saturated rings. The first kappa shape index (κ1) is 14.5. The highest BCUT2D eigenvalue weighted by molar-refractivity contribution is 9.10. The van der Waals surface area contributed by atoms with Crippen molar-refractivity contribution >= 4 is 27.5 Å². The molecule has 0 bridgehead atoms. The van der Waals surface area contributed by atoms with Crippen molar-refractivity contribution in [1.29, 1.82) is 0 Å². The molecule has 0 aliphatic rings. The van der Waals surface area contributed by atoms with Crippen LogP contribution >= 0.6 is 27.5 Å². The molecule has 1 aromatic carbocycles. The predicted molar refractivity (Wildman–Crippen MR) is 71.5 cm³/mol. The van der Waals surface area contributed by atoms with Gasteiger partial charge in [-0.15, -0.1) is 0 Å². The normalized spacial score (nSPS) is 12.7. The highest BCUT2D eigenvalue weighted by Gasteiger charge is 2.20. The Morgan fingerprint density at radius 1 is 1.32 bits per heavy atom. The van der Waals surface area contributed by atoms with Crippen molar-refractivity contribution in [2.45, 2.75) is 12.5 Å². The Balaban J connectivity index is 2.31. The standard InChI is InChI=1S/C12H10BrClF2N2O/c13-7-1-2-8(15)6(12(7)16)5-9(18-17)10-3-4-11(14)19-10/h1-4,9,18H,5,17H2. The lowest BCUT2D eigenvalue weighted by Gasteiger charge is -2.15. The summed E-state index contributed by atoms with van der Waals surface area (Å²) in [7, 11) is 0. The van der Waals surface area contributed by atoms with Crippen LogP contribution in [0.25, 0.3) is 0 Å². The molecule has 1 aromatic heterocycles. The number of hydrogen-bond donors (Lipinski definition) is 2. The number of halogens is 4. The summed E-state index contributed by atoms with van der Waals surface area (Å²) in [5, 5.41) is 0.186. The van der Waals surface area contributed by atoms with Gasteiger partial charge in [-0.3, -0.25) is 5.84 Å². The summed E-state index contributed by atoms with van der Waals surface area (Å²) in [5.74, 6) is 4.50. The molecule has 3 nitrogen and oxygen atoms in total. The van der Waals surface area contributed by atoms with Crippen molar-refractivity contribution in [2.24, 2.45) is 5.84 Å². The first-order valence-corrected chi connectivity index (χ1v) is 6.53. The van der Waals surface area contributed by atoms with E-state index in [-0.39, 0.29) is 21.7 Å². The fourth-order valence-corrected chi connectivity index (χ4v) is 2.24. The zero-order chi connectivity index (χ0) is 14.0. The molecule has 1 atom stereocenters. The topological polar surface area (TPSA) is 51.2 Å². The van der Waals surface area contributed by atoms with Crippen molar-refractivity contribution in [3.63, 3.8) is 0 Å². The lowest BCUT2D eigenvalue weighted by Crippen LogP contribution is -2.29. The van der Waals surface area contributed by atoms with Gasteiger partial charge in [0, 0.05) is 12.0 Å². The Bertz CT molecular complexity index is 591. The van der Waals surface area contributed by atoms with E-state index in [1.807, 2.05) is 0 Å². The van der Waals surface area contributed by atoms with Crippen molar-refractivity contribution in [2.75, 3.05) is 0 Å². The monoisotopic (exact) mass is 350 g/mol. The molecule has 3 N–H and O–H groups in total. The zero-order valence-corrected chi connectivity index (χ0v) is 11.9. The molecule has 0 amide bonds. The first-order chi connectivity index (χ1) is 9.02. The van der Waals surface area contributed by atoms with E-state index in [0.717, 1.165) is 0 Å². The number of hydrazine groups is 1. The number of hydrogen-bond acceptors (Lipinski definition) is 3. The summed E-state index contributed by atoms with van der Waals surface area (Å²) in [6.45, 7) is 0. The van der Waals surface area contributed by atoms with E-state index >= 15 is 0 Å². The SMILES string of the molecule is NNC(Cc1c(F)ccc(Br)c1F)c1ccc(Cl)o1. The molecule has 0 spiro atoms. The average Bonchev–Trinajstić information content (AvgIpc) is 2.81. The van der Waals surface area contributed by atoms with E-state index in [1.165, 1.54) is 18.2 Å². The second kappa shape index (κ2) is 6.00. The molecule has 102 valence electrons. The average molecular weight is 352 g/mol. The minimum Gasteiger partial charge on any atom is -0.448 e. The molecule has 1 heterocycles. The van der Waals surface area contributed by atoms with Crippen molar-refractivity contribution < 1.29 is 13.2 Å². The Morgan fingerprint density at radius 2 is 2.05 bits per heavy atom. The maximum absolute atomic E-state index is 13.9. The lowest BCUT2D eigenvalue weighted by atomic mass is 10.0. The molecular formula is C12H10BrClF2N2O. The van der Waals surface area contributed by atoms with Gasteiger partial charge in [0.15, 0.2) is 5.22 Å². The summed E-state index contributed by atoms with van der Waals surface area (Å²) in [6, 6.07) is 5.05. The van der Waals surface area contributed by atoms with E-state index in [4.69, 9.17) is 21.9 Å². The molecule has 2 aromatic rings. The number of nitrogens with one attached hydrogen (secondary N) is 1. The highest BCUT2D eigenvalue weighted by Crippen LogP contribution is 2.27. The molecule has 0 saturated heterocycles. The van der Waals surface area contributed by atoms with E-state index in [1.54, 1.807) is 6.07 Å². The van der Waals surface area contributed by atoms with Crippen LogP contribution in [0.5, 0.6) is 0 Å². The van der Waals surface area contributed by atoms with Gasteiger partial charge in [-0.25, -0.2) is 14.2 Å². The van der Waals surface area contributed by atoms with E-state index in [0.29, 0.717) is 5.76 Å². The zero-order valence-electron chi connectivity index (χ0n) is 9.59. The van der Waals surface area contributed by atoms with E-state index < -0.39 is 17.7 Å². The van der Waals surface area contributed by atoms with Gasteiger partial charge in [-0.05, 0) is 51.8 Å². The van der Waals surface area contributed by atoms with Gasteiger partial charge in [-0.2, -0.15) is 0 Å². The smallest absolute Gasteiger partial charge is 0.193 e. The maximum atomic E-state index is 13.9. The number of rotatable bonds is 4. The van der Waals surface area contributed by atoms with Crippen molar-refractivity contribution in [3.05, 3.63) is 56.9 Å². The van der Waals surface area contributed by atoms with Gasteiger partial charge in [0.05, 0.1) is 10.5 Å².